The Morgan fingerprint density at radius 3 is 2.62 bits per heavy atom. The number of aromatic nitrogens is 3. The largest absolute Gasteiger partial charge is 0.490 e. The molecule has 0 atom stereocenters. The molecule has 0 saturated heterocycles. The van der Waals surface area contributed by atoms with Gasteiger partial charge in [0.25, 0.3) is 5.56 Å². The third-order valence-corrected chi connectivity index (χ3v) is 5.41. The van der Waals surface area contributed by atoms with Crippen LogP contribution in [0.5, 0.6) is 0 Å². The van der Waals surface area contributed by atoms with E-state index >= 15 is 0 Å². The number of H-pyrrole nitrogens is 1. The first-order valence-corrected chi connectivity index (χ1v) is 10.5. The number of halogens is 3. The molecule has 2 aromatic heterocycles. The van der Waals surface area contributed by atoms with Crippen LogP contribution in [0.2, 0.25) is 0 Å². The van der Waals surface area contributed by atoms with Crippen molar-refractivity contribution in [3.63, 3.8) is 0 Å². The number of amides is 1. The highest BCUT2D eigenvalue weighted by Gasteiger charge is 2.38. The van der Waals surface area contributed by atoms with Crippen molar-refractivity contribution in [2.75, 3.05) is 18.0 Å². The van der Waals surface area contributed by atoms with E-state index in [1.54, 1.807) is 24.1 Å². The number of aromatic amines is 1. The molecule has 4 N–H and O–H groups in total. The first-order chi connectivity index (χ1) is 16.0. The number of anilines is 1. The number of carbonyl (C=O) groups excluding carboxylic acids is 1. The number of alkyl halides is 3. The molecule has 3 heterocycles. The minimum absolute atomic E-state index is 0.0453. The van der Waals surface area contributed by atoms with Crippen molar-refractivity contribution in [2.45, 2.75) is 38.8 Å². The predicted octanol–water partition coefficient (Wildman–Crippen LogP) is 1.99. The lowest BCUT2D eigenvalue weighted by atomic mass is 9.97. The highest BCUT2D eigenvalue weighted by atomic mass is 19.4. The average Bonchev–Trinajstić information content (AvgIpc) is 3.24. The number of nitrogens with two attached hydrogens (primary N) is 1. The first kappa shape index (κ1) is 25.0. The molecule has 0 bridgehead atoms. The molecule has 0 unspecified atom stereocenters. The molecule has 4 rings (SSSR count). The van der Waals surface area contributed by atoms with E-state index in [4.69, 9.17) is 15.6 Å². The van der Waals surface area contributed by atoms with Gasteiger partial charge in [0.1, 0.15) is 0 Å². The van der Waals surface area contributed by atoms with Crippen molar-refractivity contribution in [1.82, 2.24) is 14.6 Å². The van der Waals surface area contributed by atoms with Crippen LogP contribution >= 0.6 is 0 Å². The van der Waals surface area contributed by atoms with Crippen molar-refractivity contribution in [3.8, 4) is 0 Å². The van der Waals surface area contributed by atoms with Crippen LogP contribution in [-0.4, -0.2) is 50.8 Å². The Hall–Kier alpha value is -3.67. The second-order valence-electron chi connectivity index (χ2n) is 7.77. The molecule has 0 aliphatic carbocycles. The van der Waals surface area contributed by atoms with Crippen LogP contribution in [0.3, 0.4) is 0 Å². The van der Waals surface area contributed by atoms with E-state index in [1.807, 2.05) is 12.1 Å². The maximum atomic E-state index is 13.0. The Bertz CT molecular complexity index is 1270. The molecule has 0 spiro atoms. The van der Waals surface area contributed by atoms with Crippen molar-refractivity contribution >= 4 is 23.2 Å². The number of fused-ring (bicyclic) bond motifs is 2. The molecule has 1 aliphatic rings. The summed E-state index contributed by atoms with van der Waals surface area (Å²) in [5.41, 5.74) is 10.3. The molecule has 9 nitrogen and oxygen atoms in total. The van der Waals surface area contributed by atoms with E-state index in [0.29, 0.717) is 30.0 Å². The lowest BCUT2D eigenvalue weighted by Gasteiger charge is -2.30. The predicted molar refractivity (Wildman–Crippen MR) is 118 cm³/mol. The number of benzene rings is 1. The van der Waals surface area contributed by atoms with Gasteiger partial charge in [-0.05, 0) is 49.9 Å². The number of hydrogen-bond donors (Lipinski definition) is 3. The van der Waals surface area contributed by atoms with E-state index < -0.39 is 12.1 Å². The molecule has 0 radical (unpaired) electrons. The zero-order valence-corrected chi connectivity index (χ0v) is 18.4. The van der Waals surface area contributed by atoms with E-state index in [0.717, 1.165) is 24.9 Å². The molecule has 182 valence electrons. The smallest absolute Gasteiger partial charge is 0.475 e. The SMILES string of the molecule is Cc1nc2cc[nH]n2c(=O)c1CC(=O)N1CCCc2cc(CCN)ccc21.O=C(O)C(F)(F)F. The van der Waals surface area contributed by atoms with Crippen LogP contribution in [-0.2, 0) is 28.9 Å². The Balaban J connectivity index is 0.000000406. The van der Waals surface area contributed by atoms with E-state index in [1.165, 1.54) is 15.6 Å². The summed E-state index contributed by atoms with van der Waals surface area (Å²) in [7, 11) is 0. The summed E-state index contributed by atoms with van der Waals surface area (Å²) < 4.78 is 33.1. The van der Waals surface area contributed by atoms with Gasteiger partial charge in [-0.25, -0.2) is 14.3 Å². The average molecular weight is 479 g/mol. The Morgan fingerprint density at radius 2 is 1.97 bits per heavy atom. The highest BCUT2D eigenvalue weighted by molar-refractivity contribution is 5.96. The molecule has 3 aromatic rings. The zero-order valence-electron chi connectivity index (χ0n) is 18.4. The zero-order chi connectivity index (χ0) is 25.0. The fourth-order valence-corrected chi connectivity index (χ4v) is 3.79. The molecule has 1 amide bonds. The molecular weight excluding hydrogens is 455 g/mol. The minimum atomic E-state index is -5.08. The van der Waals surface area contributed by atoms with Crippen molar-refractivity contribution in [2.24, 2.45) is 5.73 Å². The molecule has 0 fully saturated rings. The van der Waals surface area contributed by atoms with Crippen molar-refractivity contribution < 1.29 is 27.9 Å². The molecule has 12 heteroatoms. The van der Waals surface area contributed by atoms with Crippen LogP contribution < -0.4 is 16.2 Å². The number of nitrogens with one attached hydrogen (secondary N) is 1. The second kappa shape index (κ2) is 10.1. The van der Waals surface area contributed by atoms with Gasteiger partial charge in [-0.3, -0.25) is 14.7 Å². The van der Waals surface area contributed by atoms with Crippen LogP contribution in [0.1, 0.15) is 28.8 Å². The normalized spacial score (nSPS) is 13.3. The van der Waals surface area contributed by atoms with Crippen LogP contribution in [0.25, 0.3) is 5.65 Å². The summed E-state index contributed by atoms with van der Waals surface area (Å²) in [5.74, 6) is -2.83. The van der Waals surface area contributed by atoms with Gasteiger partial charge in [0.2, 0.25) is 5.91 Å². The van der Waals surface area contributed by atoms with Gasteiger partial charge in [-0.1, -0.05) is 12.1 Å². The fourth-order valence-electron chi connectivity index (χ4n) is 3.79. The highest BCUT2D eigenvalue weighted by Crippen LogP contribution is 2.29. The molecule has 1 aliphatic heterocycles. The van der Waals surface area contributed by atoms with E-state index in [-0.39, 0.29) is 17.9 Å². The maximum Gasteiger partial charge on any atom is 0.490 e. The van der Waals surface area contributed by atoms with E-state index in [9.17, 15) is 22.8 Å². The van der Waals surface area contributed by atoms with Gasteiger partial charge in [0.15, 0.2) is 5.65 Å². The molecule has 34 heavy (non-hydrogen) atoms. The number of carboxylic acids is 1. The van der Waals surface area contributed by atoms with E-state index in [2.05, 4.69) is 16.1 Å². The minimum Gasteiger partial charge on any atom is -0.475 e. The monoisotopic (exact) mass is 479 g/mol. The Morgan fingerprint density at radius 1 is 1.26 bits per heavy atom. The number of aryl methyl sites for hydroxylation is 2. The van der Waals surface area contributed by atoms with Gasteiger partial charge < -0.3 is 15.7 Å². The molecule has 1 aromatic carbocycles. The Labute approximate surface area is 192 Å². The maximum absolute atomic E-state index is 13.0. The quantitative estimate of drug-likeness (QED) is 0.524. The van der Waals surface area contributed by atoms with Gasteiger partial charge >= 0.3 is 12.1 Å². The standard InChI is InChI=1S/C20H23N5O2.C2HF3O2/c1-13-16(20(27)25-18(23-13)7-9-22-25)12-19(26)24-10-2-3-15-11-14(6-8-21)4-5-17(15)24;3-2(4,5)1(6)7/h4-5,7,9,11,22H,2-3,6,8,10,12,21H2,1H3;(H,6,7). The van der Waals surface area contributed by atoms with Crippen molar-refractivity contribution in [1.29, 1.82) is 0 Å². The summed E-state index contributed by atoms with van der Waals surface area (Å²) in [6.07, 6.45) is -0.677. The lowest BCUT2D eigenvalue weighted by Crippen LogP contribution is -2.38. The van der Waals surface area contributed by atoms with Crippen LogP contribution in [0, 0.1) is 6.92 Å². The number of hydrogen-bond acceptors (Lipinski definition) is 5. The van der Waals surface area contributed by atoms with Crippen LogP contribution in [0.15, 0.2) is 35.3 Å². The summed E-state index contributed by atoms with van der Waals surface area (Å²) in [6, 6.07) is 7.92. The van der Waals surface area contributed by atoms with Gasteiger partial charge in [-0.2, -0.15) is 13.2 Å². The van der Waals surface area contributed by atoms with Gasteiger partial charge in [0.05, 0.1) is 6.42 Å². The van der Waals surface area contributed by atoms with Crippen LogP contribution in [0.4, 0.5) is 18.9 Å². The Kier molecular flexibility index (Phi) is 7.40. The second-order valence-corrected chi connectivity index (χ2v) is 7.77. The number of aliphatic carboxylic acids is 1. The van der Waals surface area contributed by atoms with Gasteiger partial charge in [0, 0.05) is 35.8 Å². The summed E-state index contributed by atoms with van der Waals surface area (Å²) in [5, 5.41) is 9.97. The number of nitrogens with zero attached hydrogens (tertiary/aromatic N) is 3. The summed E-state index contributed by atoms with van der Waals surface area (Å²) >= 11 is 0. The number of carbonyl (C=O) groups is 2. The number of rotatable bonds is 4. The molecular formula is C22H24F3N5O4. The summed E-state index contributed by atoms with van der Waals surface area (Å²) in [6.45, 7) is 3.06. The summed E-state index contributed by atoms with van der Waals surface area (Å²) in [4.78, 5) is 40.9. The third-order valence-electron chi connectivity index (χ3n) is 5.41. The number of carboxylic acid groups (broad SMARTS) is 1. The first-order valence-electron chi connectivity index (χ1n) is 10.5. The fraction of sp³-hybridized carbons (Fsp3) is 0.364. The lowest BCUT2D eigenvalue weighted by molar-refractivity contribution is -0.192. The topological polar surface area (TPSA) is 134 Å². The third kappa shape index (κ3) is 5.45. The van der Waals surface area contributed by atoms with Gasteiger partial charge in [-0.15, -0.1) is 0 Å². The molecule has 0 saturated carbocycles. The van der Waals surface area contributed by atoms with Crippen molar-refractivity contribution in [3.05, 3.63) is 63.2 Å².